The van der Waals surface area contributed by atoms with Gasteiger partial charge in [0.05, 0.1) is 6.61 Å². The molecule has 0 aliphatic rings. The fraction of sp³-hybridized carbons (Fsp3) is 0.364. The zero-order valence-electron chi connectivity index (χ0n) is 16.4. The smallest absolute Gasteiger partial charge is 0.242 e. The van der Waals surface area contributed by atoms with E-state index >= 15 is 0 Å². The van der Waals surface area contributed by atoms with Crippen LogP contribution in [0.5, 0.6) is 5.75 Å². The highest BCUT2D eigenvalue weighted by molar-refractivity contribution is 5.87. The maximum atomic E-state index is 13.2. The molecule has 0 unspecified atom stereocenters. The van der Waals surface area contributed by atoms with E-state index in [-0.39, 0.29) is 30.6 Å². The maximum Gasteiger partial charge on any atom is 0.242 e. The number of nitrogens with one attached hydrogen (secondary N) is 1. The van der Waals surface area contributed by atoms with Crippen molar-refractivity contribution in [2.75, 3.05) is 13.2 Å². The van der Waals surface area contributed by atoms with Gasteiger partial charge in [-0.1, -0.05) is 30.3 Å². The molecule has 150 valence electrons. The first-order chi connectivity index (χ1) is 13.5. The molecule has 2 rings (SSSR count). The Labute approximate surface area is 165 Å². The summed E-state index contributed by atoms with van der Waals surface area (Å²) in [6.07, 6.45) is 0.799. The number of amides is 2. The summed E-state index contributed by atoms with van der Waals surface area (Å²) in [4.78, 5) is 26.6. The van der Waals surface area contributed by atoms with Crippen LogP contribution in [-0.4, -0.2) is 35.9 Å². The zero-order valence-corrected chi connectivity index (χ0v) is 16.4. The van der Waals surface area contributed by atoms with Gasteiger partial charge in [-0.2, -0.15) is 0 Å². The van der Waals surface area contributed by atoms with E-state index in [1.54, 1.807) is 19.1 Å². The first-order valence-corrected chi connectivity index (χ1v) is 9.50. The molecular formula is C22H27FN2O3. The summed E-state index contributed by atoms with van der Waals surface area (Å²) < 4.78 is 18.8. The molecule has 6 heteroatoms. The molecule has 0 aliphatic carbocycles. The quantitative estimate of drug-likeness (QED) is 0.636. The highest BCUT2D eigenvalue weighted by Gasteiger charge is 2.25. The molecular weight excluding hydrogens is 359 g/mol. The van der Waals surface area contributed by atoms with Gasteiger partial charge in [0.25, 0.3) is 0 Å². The van der Waals surface area contributed by atoms with Crippen LogP contribution in [0.3, 0.4) is 0 Å². The summed E-state index contributed by atoms with van der Waals surface area (Å²) in [6, 6.07) is 14.7. The van der Waals surface area contributed by atoms with Crippen LogP contribution in [0.15, 0.2) is 54.6 Å². The molecule has 0 aliphatic heterocycles. The van der Waals surface area contributed by atoms with E-state index in [0.29, 0.717) is 19.6 Å². The number of carbonyl (C=O) groups excluding carboxylic acids is 2. The van der Waals surface area contributed by atoms with E-state index in [4.69, 9.17) is 4.74 Å². The molecule has 0 aromatic heterocycles. The molecule has 0 heterocycles. The van der Waals surface area contributed by atoms with E-state index < -0.39 is 6.04 Å². The Balaban J connectivity index is 1.96. The van der Waals surface area contributed by atoms with Gasteiger partial charge in [0, 0.05) is 19.5 Å². The monoisotopic (exact) mass is 386 g/mol. The lowest BCUT2D eigenvalue weighted by molar-refractivity contribution is -0.140. The molecule has 2 amide bonds. The topological polar surface area (TPSA) is 58.6 Å². The fourth-order valence-corrected chi connectivity index (χ4v) is 2.76. The number of nitrogens with zero attached hydrogens (tertiary/aromatic N) is 1. The van der Waals surface area contributed by atoms with Gasteiger partial charge >= 0.3 is 0 Å². The van der Waals surface area contributed by atoms with Crippen LogP contribution in [0.2, 0.25) is 0 Å². The van der Waals surface area contributed by atoms with Crippen molar-refractivity contribution in [2.24, 2.45) is 0 Å². The number of rotatable bonds is 10. The lowest BCUT2D eigenvalue weighted by Gasteiger charge is -2.28. The van der Waals surface area contributed by atoms with Crippen LogP contribution in [0, 0.1) is 5.82 Å². The Morgan fingerprint density at radius 1 is 1.11 bits per heavy atom. The SMILES string of the molecule is CCNC(=O)[C@H](C)N(Cc1ccc(F)cc1)C(=O)CCCOc1ccccc1. The Morgan fingerprint density at radius 2 is 1.79 bits per heavy atom. The standard InChI is InChI=1S/C22H27FN2O3/c1-3-24-22(27)17(2)25(16-18-11-13-19(23)14-12-18)21(26)10-7-15-28-20-8-5-4-6-9-20/h4-6,8-9,11-14,17H,3,7,10,15-16H2,1-2H3,(H,24,27)/t17-/m0/s1. The number of para-hydroxylation sites is 1. The third-order valence-corrected chi connectivity index (χ3v) is 4.33. The number of halogens is 1. The van der Waals surface area contributed by atoms with Crippen molar-refractivity contribution in [1.82, 2.24) is 10.2 Å². The van der Waals surface area contributed by atoms with E-state index in [1.165, 1.54) is 17.0 Å². The van der Waals surface area contributed by atoms with Gasteiger partial charge in [0.2, 0.25) is 11.8 Å². The molecule has 2 aromatic carbocycles. The Kier molecular flexibility index (Phi) is 8.46. The minimum Gasteiger partial charge on any atom is -0.494 e. The normalized spacial score (nSPS) is 11.5. The average Bonchev–Trinajstić information content (AvgIpc) is 2.71. The average molecular weight is 386 g/mol. The van der Waals surface area contributed by atoms with Crippen molar-refractivity contribution < 1.29 is 18.7 Å². The summed E-state index contributed by atoms with van der Waals surface area (Å²) in [7, 11) is 0. The highest BCUT2D eigenvalue weighted by atomic mass is 19.1. The van der Waals surface area contributed by atoms with Crippen LogP contribution in [0.1, 0.15) is 32.3 Å². The third-order valence-electron chi connectivity index (χ3n) is 4.33. The number of hydrogen-bond acceptors (Lipinski definition) is 3. The van der Waals surface area contributed by atoms with Crippen molar-refractivity contribution in [3.05, 3.63) is 66.0 Å². The Morgan fingerprint density at radius 3 is 2.43 bits per heavy atom. The van der Waals surface area contributed by atoms with Gasteiger partial charge in [-0.3, -0.25) is 9.59 Å². The fourth-order valence-electron chi connectivity index (χ4n) is 2.76. The molecule has 0 spiro atoms. The van der Waals surface area contributed by atoms with E-state index in [9.17, 15) is 14.0 Å². The number of likely N-dealkylation sites (N-methyl/N-ethyl adjacent to an activating group) is 1. The lowest BCUT2D eigenvalue weighted by atomic mass is 10.1. The van der Waals surface area contributed by atoms with E-state index in [1.807, 2.05) is 37.3 Å². The van der Waals surface area contributed by atoms with Gasteiger partial charge in [-0.25, -0.2) is 4.39 Å². The number of benzene rings is 2. The first kappa shape index (κ1) is 21.4. The number of carbonyl (C=O) groups is 2. The van der Waals surface area contributed by atoms with Crippen LogP contribution >= 0.6 is 0 Å². The molecule has 0 radical (unpaired) electrons. The van der Waals surface area contributed by atoms with Crippen molar-refractivity contribution >= 4 is 11.8 Å². The molecule has 1 N–H and O–H groups in total. The summed E-state index contributed by atoms with van der Waals surface area (Å²) in [5.41, 5.74) is 0.770. The van der Waals surface area contributed by atoms with Crippen LogP contribution in [0.25, 0.3) is 0 Å². The van der Waals surface area contributed by atoms with Gasteiger partial charge < -0.3 is 15.0 Å². The van der Waals surface area contributed by atoms with Gasteiger partial charge in [0.15, 0.2) is 0 Å². The minimum absolute atomic E-state index is 0.139. The van der Waals surface area contributed by atoms with Crippen molar-refractivity contribution in [3.63, 3.8) is 0 Å². The van der Waals surface area contributed by atoms with Crippen molar-refractivity contribution in [1.29, 1.82) is 0 Å². The summed E-state index contributed by atoms with van der Waals surface area (Å²) >= 11 is 0. The van der Waals surface area contributed by atoms with Gasteiger partial charge in [-0.05, 0) is 50.1 Å². The molecule has 0 saturated heterocycles. The molecule has 0 saturated carbocycles. The Hall–Kier alpha value is -2.89. The number of hydrogen-bond donors (Lipinski definition) is 1. The first-order valence-electron chi connectivity index (χ1n) is 9.50. The second-order valence-corrected chi connectivity index (χ2v) is 6.48. The van der Waals surface area contributed by atoms with Crippen LogP contribution in [0.4, 0.5) is 4.39 Å². The van der Waals surface area contributed by atoms with Crippen LogP contribution < -0.4 is 10.1 Å². The van der Waals surface area contributed by atoms with Crippen molar-refractivity contribution in [2.45, 2.75) is 39.3 Å². The predicted octanol–water partition coefficient (Wildman–Crippen LogP) is 3.54. The summed E-state index contributed by atoms with van der Waals surface area (Å²) in [6.45, 7) is 4.68. The molecule has 1 atom stereocenters. The van der Waals surface area contributed by atoms with Gasteiger partial charge in [-0.15, -0.1) is 0 Å². The second kappa shape index (κ2) is 11.1. The summed E-state index contributed by atoms with van der Waals surface area (Å²) in [5.74, 6) is 0.0727. The zero-order chi connectivity index (χ0) is 20.4. The Bertz CT molecular complexity index is 750. The summed E-state index contributed by atoms with van der Waals surface area (Å²) in [5, 5.41) is 2.75. The predicted molar refractivity (Wildman–Crippen MR) is 106 cm³/mol. The largest absolute Gasteiger partial charge is 0.494 e. The third kappa shape index (κ3) is 6.68. The molecule has 0 bridgehead atoms. The molecule has 0 fully saturated rings. The van der Waals surface area contributed by atoms with Gasteiger partial charge in [0.1, 0.15) is 17.6 Å². The molecule has 2 aromatic rings. The highest BCUT2D eigenvalue weighted by Crippen LogP contribution is 2.14. The maximum absolute atomic E-state index is 13.2. The van der Waals surface area contributed by atoms with Crippen LogP contribution in [-0.2, 0) is 16.1 Å². The second-order valence-electron chi connectivity index (χ2n) is 6.48. The lowest BCUT2D eigenvalue weighted by Crippen LogP contribution is -2.47. The molecule has 28 heavy (non-hydrogen) atoms. The number of ether oxygens (including phenoxy) is 1. The van der Waals surface area contributed by atoms with E-state index in [0.717, 1.165) is 11.3 Å². The minimum atomic E-state index is -0.618. The van der Waals surface area contributed by atoms with E-state index in [2.05, 4.69) is 5.32 Å². The molecule has 5 nitrogen and oxygen atoms in total. The van der Waals surface area contributed by atoms with Crippen molar-refractivity contribution in [3.8, 4) is 5.75 Å².